The lowest BCUT2D eigenvalue weighted by molar-refractivity contribution is -0.120. The van der Waals surface area contributed by atoms with E-state index in [9.17, 15) is 4.79 Å². The second-order valence-electron chi connectivity index (χ2n) is 3.12. The minimum Gasteiger partial charge on any atom is -0.299 e. The first-order valence-corrected chi connectivity index (χ1v) is 3.89. The molecule has 0 saturated heterocycles. The summed E-state index contributed by atoms with van der Waals surface area (Å²) in [4.78, 5) is 11.0. The van der Waals surface area contributed by atoms with E-state index in [1.54, 1.807) is 6.92 Å². The molecule has 1 rings (SSSR count). The van der Waals surface area contributed by atoms with Gasteiger partial charge in [-0.1, -0.05) is 19.1 Å². The molecular weight excluding hydrogens is 124 g/mol. The molecule has 1 aliphatic carbocycles. The zero-order chi connectivity index (χ0) is 7.56. The van der Waals surface area contributed by atoms with E-state index in [0.717, 1.165) is 6.42 Å². The molecule has 0 aliphatic heterocycles. The Morgan fingerprint density at radius 2 is 2.30 bits per heavy atom. The van der Waals surface area contributed by atoms with E-state index >= 15 is 0 Å². The van der Waals surface area contributed by atoms with E-state index in [-0.39, 0.29) is 5.92 Å². The lowest BCUT2D eigenvalue weighted by atomic mass is 9.83. The van der Waals surface area contributed by atoms with Crippen LogP contribution < -0.4 is 0 Å². The highest BCUT2D eigenvalue weighted by atomic mass is 16.1. The van der Waals surface area contributed by atoms with E-state index < -0.39 is 0 Å². The van der Waals surface area contributed by atoms with E-state index in [1.807, 2.05) is 0 Å². The van der Waals surface area contributed by atoms with Crippen molar-refractivity contribution in [2.24, 2.45) is 11.8 Å². The number of Topliss-reactive ketones (excluding diaryl/α,β-unsaturated/α-hetero) is 1. The minimum atomic E-state index is 0.203. The molecule has 2 atom stereocenters. The molecule has 0 N–H and O–H groups in total. The van der Waals surface area contributed by atoms with Crippen molar-refractivity contribution in [3.8, 4) is 0 Å². The number of hydrogen-bond acceptors (Lipinski definition) is 1. The number of rotatable bonds is 1. The van der Waals surface area contributed by atoms with Gasteiger partial charge in [-0.15, -0.1) is 0 Å². The molecule has 56 valence electrons. The van der Waals surface area contributed by atoms with Crippen molar-refractivity contribution >= 4 is 5.78 Å². The summed E-state index contributed by atoms with van der Waals surface area (Å²) in [6.45, 7) is 3.83. The van der Waals surface area contributed by atoms with Crippen molar-refractivity contribution in [3.05, 3.63) is 12.2 Å². The van der Waals surface area contributed by atoms with Gasteiger partial charge in [0.25, 0.3) is 0 Å². The van der Waals surface area contributed by atoms with E-state index in [1.165, 1.54) is 6.42 Å². The fourth-order valence-corrected chi connectivity index (χ4v) is 1.51. The van der Waals surface area contributed by atoms with Gasteiger partial charge in [-0.3, -0.25) is 4.79 Å². The molecule has 1 aliphatic rings. The Balaban J connectivity index is 2.64. The highest BCUT2D eigenvalue weighted by Gasteiger charge is 2.20. The Morgan fingerprint density at radius 3 is 2.70 bits per heavy atom. The summed E-state index contributed by atoms with van der Waals surface area (Å²) >= 11 is 0. The fraction of sp³-hybridized carbons (Fsp3) is 0.667. The van der Waals surface area contributed by atoms with Crippen molar-refractivity contribution < 1.29 is 4.79 Å². The average molecular weight is 138 g/mol. The number of allylic oxidation sites excluding steroid dienone is 2. The molecule has 0 amide bonds. The van der Waals surface area contributed by atoms with Crippen LogP contribution in [0.15, 0.2) is 12.2 Å². The number of hydrogen-bond donors (Lipinski definition) is 0. The largest absolute Gasteiger partial charge is 0.299 e. The molecule has 0 spiro atoms. The smallest absolute Gasteiger partial charge is 0.136 e. The molecule has 0 radical (unpaired) electrons. The number of carbonyl (C=O) groups is 1. The Morgan fingerprint density at radius 1 is 1.60 bits per heavy atom. The summed E-state index contributed by atoms with van der Waals surface area (Å²) in [6.07, 6.45) is 6.48. The topological polar surface area (TPSA) is 17.1 Å². The summed E-state index contributed by atoms with van der Waals surface area (Å²) in [5.74, 6) is 1.07. The maximum atomic E-state index is 11.0. The van der Waals surface area contributed by atoms with Gasteiger partial charge >= 0.3 is 0 Å². The maximum absolute atomic E-state index is 11.0. The molecule has 0 heterocycles. The van der Waals surface area contributed by atoms with Crippen molar-refractivity contribution in [2.45, 2.75) is 26.7 Å². The highest BCUT2D eigenvalue weighted by molar-refractivity contribution is 5.80. The van der Waals surface area contributed by atoms with Crippen LogP contribution in [0.2, 0.25) is 0 Å². The van der Waals surface area contributed by atoms with Crippen LogP contribution in [0.4, 0.5) is 0 Å². The van der Waals surface area contributed by atoms with Gasteiger partial charge in [-0.25, -0.2) is 0 Å². The van der Waals surface area contributed by atoms with Gasteiger partial charge in [0.2, 0.25) is 0 Å². The molecule has 0 bridgehead atoms. The molecule has 0 aromatic carbocycles. The van der Waals surface area contributed by atoms with Gasteiger partial charge in [0.05, 0.1) is 0 Å². The molecule has 0 aromatic heterocycles. The Bertz CT molecular complexity index is 158. The number of carbonyl (C=O) groups excluding carboxylic acids is 1. The third-order valence-corrected chi connectivity index (χ3v) is 2.21. The number of ketones is 1. The zero-order valence-corrected chi connectivity index (χ0v) is 6.63. The van der Waals surface area contributed by atoms with Crippen molar-refractivity contribution in [2.75, 3.05) is 0 Å². The van der Waals surface area contributed by atoms with Crippen molar-refractivity contribution in [3.63, 3.8) is 0 Å². The highest BCUT2D eigenvalue weighted by Crippen LogP contribution is 2.24. The monoisotopic (exact) mass is 138 g/mol. The Hall–Kier alpha value is -0.590. The van der Waals surface area contributed by atoms with Crippen LogP contribution in [0, 0.1) is 11.8 Å². The molecule has 2 unspecified atom stereocenters. The van der Waals surface area contributed by atoms with Gasteiger partial charge in [-0.2, -0.15) is 0 Å². The third kappa shape index (κ3) is 1.47. The first kappa shape index (κ1) is 7.52. The molecule has 10 heavy (non-hydrogen) atoms. The molecular formula is C9H14O. The van der Waals surface area contributed by atoms with Crippen LogP contribution >= 0.6 is 0 Å². The summed E-state index contributed by atoms with van der Waals surface area (Å²) < 4.78 is 0. The van der Waals surface area contributed by atoms with Crippen LogP contribution in [0.3, 0.4) is 0 Å². The predicted octanol–water partition coefficient (Wildman–Crippen LogP) is 2.18. The second-order valence-corrected chi connectivity index (χ2v) is 3.12. The summed E-state index contributed by atoms with van der Waals surface area (Å²) in [7, 11) is 0. The molecule has 1 nitrogen and oxygen atoms in total. The third-order valence-electron chi connectivity index (χ3n) is 2.21. The van der Waals surface area contributed by atoms with Crippen molar-refractivity contribution in [1.29, 1.82) is 0 Å². The standard InChI is InChI=1S/C9H14O/c1-7-5-3-4-6-9(7)8(2)10/h4,6-7,9H,3,5H2,1-2H3. The van der Waals surface area contributed by atoms with Crippen LogP contribution in [-0.2, 0) is 4.79 Å². The van der Waals surface area contributed by atoms with Crippen LogP contribution in [0.1, 0.15) is 26.7 Å². The predicted molar refractivity (Wildman–Crippen MR) is 41.7 cm³/mol. The van der Waals surface area contributed by atoms with Gasteiger partial charge < -0.3 is 0 Å². The van der Waals surface area contributed by atoms with E-state index in [4.69, 9.17) is 0 Å². The first-order valence-electron chi connectivity index (χ1n) is 3.89. The summed E-state index contributed by atoms with van der Waals surface area (Å²) in [5.41, 5.74) is 0. The van der Waals surface area contributed by atoms with Gasteiger partial charge in [0, 0.05) is 5.92 Å². The minimum absolute atomic E-state index is 0.203. The van der Waals surface area contributed by atoms with E-state index in [0.29, 0.717) is 11.7 Å². The molecule has 0 aromatic rings. The summed E-state index contributed by atoms with van der Waals surface area (Å²) in [5, 5.41) is 0. The normalized spacial score (nSPS) is 32.2. The molecule has 0 fully saturated rings. The van der Waals surface area contributed by atoms with E-state index in [2.05, 4.69) is 19.1 Å². The zero-order valence-electron chi connectivity index (χ0n) is 6.63. The summed E-state index contributed by atoms with van der Waals surface area (Å²) in [6, 6.07) is 0. The maximum Gasteiger partial charge on any atom is 0.136 e. The van der Waals surface area contributed by atoms with Crippen molar-refractivity contribution in [1.82, 2.24) is 0 Å². The molecule has 0 saturated carbocycles. The van der Waals surface area contributed by atoms with Crippen LogP contribution in [-0.4, -0.2) is 5.78 Å². The van der Waals surface area contributed by atoms with Crippen LogP contribution in [0.25, 0.3) is 0 Å². The first-order chi connectivity index (χ1) is 4.72. The Labute approximate surface area is 62.1 Å². The fourth-order valence-electron chi connectivity index (χ4n) is 1.51. The van der Waals surface area contributed by atoms with Gasteiger partial charge in [-0.05, 0) is 25.7 Å². The van der Waals surface area contributed by atoms with Gasteiger partial charge in [0.15, 0.2) is 0 Å². The Kier molecular flexibility index (Phi) is 2.25. The van der Waals surface area contributed by atoms with Gasteiger partial charge in [0.1, 0.15) is 5.78 Å². The second kappa shape index (κ2) is 3.00. The SMILES string of the molecule is CC(=O)C1C=CCCC1C. The van der Waals surface area contributed by atoms with Crippen LogP contribution in [0.5, 0.6) is 0 Å². The lowest BCUT2D eigenvalue weighted by Crippen LogP contribution is -2.19. The quantitative estimate of drug-likeness (QED) is 0.507. The average Bonchev–Trinajstić information content (AvgIpc) is 1.88. The lowest BCUT2D eigenvalue weighted by Gasteiger charge is -2.20. The molecule has 1 heteroatoms.